The third-order valence-electron chi connectivity index (χ3n) is 1.13. The van der Waals surface area contributed by atoms with E-state index in [1.54, 1.807) is 6.92 Å². The maximum Gasteiger partial charge on any atom is 0.433 e. The Balaban J connectivity index is 2.92. The van der Waals surface area contributed by atoms with Gasteiger partial charge in [-0.1, -0.05) is 11.6 Å². The summed E-state index contributed by atoms with van der Waals surface area (Å²) < 4.78 is 4.80. The van der Waals surface area contributed by atoms with Gasteiger partial charge in [-0.3, -0.25) is 10.1 Å². The third kappa shape index (κ3) is 2.10. The number of halogens is 1. The largest absolute Gasteiger partial charge is 0.433 e. The second-order valence-electron chi connectivity index (χ2n) is 2.16. The highest BCUT2D eigenvalue weighted by molar-refractivity contribution is 6.31. The van der Waals surface area contributed by atoms with Gasteiger partial charge in [0.15, 0.2) is 0 Å². The lowest BCUT2D eigenvalue weighted by molar-refractivity contribution is -0.402. The molecule has 0 N–H and O–H groups in total. The van der Waals surface area contributed by atoms with Crippen LogP contribution in [0.1, 0.15) is 12.7 Å². The molecule has 12 heavy (non-hydrogen) atoms. The first kappa shape index (κ1) is 8.80. The van der Waals surface area contributed by atoms with Crippen LogP contribution in [0, 0.1) is 10.1 Å². The molecule has 0 amide bonds. The molecule has 4 nitrogen and oxygen atoms in total. The summed E-state index contributed by atoms with van der Waals surface area (Å²) in [5.41, 5.74) is 0. The van der Waals surface area contributed by atoms with Crippen molar-refractivity contribution >= 4 is 23.6 Å². The fourth-order valence-corrected chi connectivity index (χ4v) is 0.821. The first-order valence-corrected chi connectivity index (χ1v) is 3.55. The van der Waals surface area contributed by atoms with E-state index in [-0.39, 0.29) is 5.88 Å². The molecular formula is C7H6ClNO3. The van der Waals surface area contributed by atoms with Crippen molar-refractivity contribution in [3.8, 4) is 0 Å². The van der Waals surface area contributed by atoms with Crippen molar-refractivity contribution in [1.29, 1.82) is 0 Å². The molecule has 1 heterocycles. The molecule has 1 rings (SSSR count). The van der Waals surface area contributed by atoms with E-state index in [9.17, 15) is 10.1 Å². The Morgan fingerprint density at radius 1 is 1.75 bits per heavy atom. The minimum Gasteiger partial charge on any atom is -0.401 e. The Kier molecular flexibility index (Phi) is 2.50. The standard InChI is InChI=1S/C7H6ClNO3/c1-5(8)4-6-2-3-7(12-6)9(10)11/h2-4H,1H3. The lowest BCUT2D eigenvalue weighted by Gasteiger charge is -1.84. The van der Waals surface area contributed by atoms with E-state index >= 15 is 0 Å². The molecule has 5 heteroatoms. The van der Waals surface area contributed by atoms with Crippen molar-refractivity contribution in [1.82, 2.24) is 0 Å². The van der Waals surface area contributed by atoms with Crippen molar-refractivity contribution in [2.45, 2.75) is 6.92 Å². The molecular weight excluding hydrogens is 182 g/mol. The molecule has 0 unspecified atom stereocenters. The molecule has 0 fully saturated rings. The molecule has 0 aliphatic carbocycles. The van der Waals surface area contributed by atoms with E-state index < -0.39 is 4.92 Å². The van der Waals surface area contributed by atoms with Gasteiger partial charge in [0, 0.05) is 5.03 Å². The Hall–Kier alpha value is -1.29. The van der Waals surface area contributed by atoms with Crippen LogP contribution in [-0.2, 0) is 0 Å². The van der Waals surface area contributed by atoms with Gasteiger partial charge in [-0.2, -0.15) is 0 Å². The zero-order valence-electron chi connectivity index (χ0n) is 6.28. The smallest absolute Gasteiger partial charge is 0.401 e. The van der Waals surface area contributed by atoms with E-state index in [0.717, 1.165) is 0 Å². The number of hydrogen-bond acceptors (Lipinski definition) is 3. The predicted molar refractivity (Wildman–Crippen MR) is 44.9 cm³/mol. The van der Waals surface area contributed by atoms with Crippen molar-refractivity contribution in [2.24, 2.45) is 0 Å². The van der Waals surface area contributed by atoms with E-state index in [0.29, 0.717) is 10.8 Å². The van der Waals surface area contributed by atoms with Gasteiger partial charge in [0.25, 0.3) is 0 Å². The molecule has 0 aliphatic heterocycles. The molecule has 0 saturated carbocycles. The van der Waals surface area contributed by atoms with Crippen LogP contribution in [-0.4, -0.2) is 4.92 Å². The SMILES string of the molecule is CC(Cl)=Cc1ccc([N+](=O)[O-])o1. The minimum absolute atomic E-state index is 0.279. The summed E-state index contributed by atoms with van der Waals surface area (Å²) >= 11 is 5.53. The number of nitro groups is 1. The van der Waals surface area contributed by atoms with Crippen LogP contribution in [0.4, 0.5) is 5.88 Å². The molecule has 1 aromatic heterocycles. The van der Waals surface area contributed by atoms with Crippen LogP contribution >= 0.6 is 11.6 Å². The zero-order valence-corrected chi connectivity index (χ0v) is 7.04. The van der Waals surface area contributed by atoms with Crippen LogP contribution in [0.5, 0.6) is 0 Å². The molecule has 0 aliphatic rings. The summed E-state index contributed by atoms with van der Waals surface area (Å²) in [5, 5.41) is 10.7. The third-order valence-corrected chi connectivity index (χ3v) is 1.24. The van der Waals surface area contributed by atoms with E-state index in [4.69, 9.17) is 16.0 Å². The van der Waals surface area contributed by atoms with Crippen LogP contribution < -0.4 is 0 Å². The molecule has 0 spiro atoms. The van der Waals surface area contributed by atoms with E-state index in [1.807, 2.05) is 0 Å². The number of nitrogens with zero attached hydrogens (tertiary/aromatic N) is 1. The summed E-state index contributed by atoms with van der Waals surface area (Å²) in [7, 11) is 0. The highest BCUT2D eigenvalue weighted by atomic mass is 35.5. The highest BCUT2D eigenvalue weighted by Crippen LogP contribution is 2.18. The molecule has 0 bridgehead atoms. The topological polar surface area (TPSA) is 56.3 Å². The van der Waals surface area contributed by atoms with Gasteiger partial charge in [-0.25, -0.2) is 0 Å². The Morgan fingerprint density at radius 2 is 2.42 bits per heavy atom. The molecule has 0 aromatic carbocycles. The second kappa shape index (κ2) is 3.40. The Morgan fingerprint density at radius 3 is 2.83 bits per heavy atom. The summed E-state index contributed by atoms with van der Waals surface area (Å²) in [6.45, 7) is 1.66. The van der Waals surface area contributed by atoms with E-state index in [1.165, 1.54) is 18.2 Å². The van der Waals surface area contributed by atoms with Gasteiger partial charge in [0.05, 0.1) is 6.07 Å². The Labute approximate surface area is 73.6 Å². The first-order chi connectivity index (χ1) is 5.59. The van der Waals surface area contributed by atoms with Gasteiger partial charge in [-0.05, 0) is 19.1 Å². The quantitative estimate of drug-likeness (QED) is 0.528. The van der Waals surface area contributed by atoms with Gasteiger partial charge >= 0.3 is 5.88 Å². The normalized spacial score (nSPS) is 11.7. The maximum absolute atomic E-state index is 10.2. The van der Waals surface area contributed by atoms with Crippen molar-refractivity contribution < 1.29 is 9.34 Å². The van der Waals surface area contributed by atoms with Gasteiger partial charge in [0.2, 0.25) is 0 Å². The average Bonchev–Trinajstić information content (AvgIpc) is 2.34. The van der Waals surface area contributed by atoms with Crippen LogP contribution in [0.15, 0.2) is 21.6 Å². The fourth-order valence-electron chi connectivity index (χ4n) is 0.714. The second-order valence-corrected chi connectivity index (χ2v) is 2.76. The lowest BCUT2D eigenvalue weighted by Crippen LogP contribution is -1.82. The molecule has 0 atom stereocenters. The number of rotatable bonds is 2. The molecule has 64 valence electrons. The highest BCUT2D eigenvalue weighted by Gasteiger charge is 2.09. The van der Waals surface area contributed by atoms with Gasteiger partial charge < -0.3 is 4.42 Å². The first-order valence-electron chi connectivity index (χ1n) is 3.17. The van der Waals surface area contributed by atoms with Crippen molar-refractivity contribution in [3.63, 3.8) is 0 Å². The maximum atomic E-state index is 10.2. The van der Waals surface area contributed by atoms with Crippen molar-refractivity contribution in [2.75, 3.05) is 0 Å². The van der Waals surface area contributed by atoms with Crippen LogP contribution in [0.25, 0.3) is 6.08 Å². The van der Waals surface area contributed by atoms with Crippen molar-refractivity contribution in [3.05, 3.63) is 33.0 Å². The number of hydrogen-bond donors (Lipinski definition) is 0. The molecule has 0 saturated heterocycles. The van der Waals surface area contributed by atoms with E-state index in [2.05, 4.69) is 0 Å². The molecule has 1 aromatic rings. The average molecular weight is 188 g/mol. The number of allylic oxidation sites excluding steroid dienone is 1. The fraction of sp³-hybridized carbons (Fsp3) is 0.143. The zero-order chi connectivity index (χ0) is 9.14. The number of furan rings is 1. The summed E-state index contributed by atoms with van der Waals surface area (Å²) in [6.07, 6.45) is 1.51. The summed E-state index contributed by atoms with van der Waals surface area (Å²) in [5.74, 6) is 0.105. The van der Waals surface area contributed by atoms with Crippen LogP contribution in [0.3, 0.4) is 0 Å². The monoisotopic (exact) mass is 187 g/mol. The predicted octanol–water partition coefficient (Wildman–Crippen LogP) is 2.79. The van der Waals surface area contributed by atoms with Crippen LogP contribution in [0.2, 0.25) is 0 Å². The summed E-state index contributed by atoms with van der Waals surface area (Å²) in [4.78, 5) is 9.56. The Bertz CT molecular complexity index is 325. The minimum atomic E-state index is -0.596. The van der Waals surface area contributed by atoms with Gasteiger partial charge in [0.1, 0.15) is 10.7 Å². The lowest BCUT2D eigenvalue weighted by atomic mass is 10.4. The summed E-state index contributed by atoms with van der Waals surface area (Å²) in [6, 6.07) is 2.77. The molecule has 0 radical (unpaired) electrons. The van der Waals surface area contributed by atoms with Gasteiger partial charge in [-0.15, -0.1) is 0 Å².